The van der Waals surface area contributed by atoms with Crippen molar-refractivity contribution in [2.45, 2.75) is 32.6 Å². The molecule has 1 aliphatic rings. The van der Waals surface area contributed by atoms with Crippen LogP contribution in [0.4, 0.5) is 0 Å². The molecule has 4 heteroatoms. The molecule has 1 heterocycles. The molecular weight excluding hydrogens is 220 g/mol. The molecule has 1 saturated carbocycles. The van der Waals surface area contributed by atoms with E-state index in [0.717, 1.165) is 0 Å². The monoisotopic (exact) mass is 236 g/mol. The average molecular weight is 236 g/mol. The lowest BCUT2D eigenvalue weighted by atomic mass is 9.65. The topological polar surface area (TPSA) is 67.5 Å². The Balaban J connectivity index is 2.25. The summed E-state index contributed by atoms with van der Waals surface area (Å²) in [6.07, 6.45) is 3.62. The molecule has 0 radical (unpaired) electrons. The Kier molecular flexibility index (Phi) is 3.05. The normalized spacial score (nSPS) is 29.2. The molecule has 92 valence electrons. The third kappa shape index (κ3) is 2.12. The predicted molar refractivity (Wildman–Crippen MR) is 60.5 cm³/mol. The van der Waals surface area contributed by atoms with E-state index in [1.165, 1.54) is 0 Å². The molecular formula is C13H16O4. The van der Waals surface area contributed by atoms with Crippen LogP contribution >= 0.6 is 0 Å². The molecule has 1 aromatic rings. The van der Waals surface area contributed by atoms with Crippen LogP contribution in [-0.2, 0) is 16.0 Å². The van der Waals surface area contributed by atoms with Crippen molar-refractivity contribution >= 4 is 11.8 Å². The molecule has 0 bridgehead atoms. The number of carbonyl (C=O) groups excluding carboxylic acids is 1. The SMILES string of the molecule is C[C@@]1(C(=O)O)CCCC(=O)[C@H]1Cc1ccco1. The van der Waals surface area contributed by atoms with Crippen LogP contribution < -0.4 is 0 Å². The summed E-state index contributed by atoms with van der Waals surface area (Å²) < 4.78 is 5.21. The van der Waals surface area contributed by atoms with Gasteiger partial charge in [-0.1, -0.05) is 0 Å². The van der Waals surface area contributed by atoms with Gasteiger partial charge < -0.3 is 9.52 Å². The second-order valence-electron chi connectivity index (χ2n) is 4.88. The van der Waals surface area contributed by atoms with Crippen molar-refractivity contribution in [1.82, 2.24) is 0 Å². The molecule has 1 aromatic heterocycles. The van der Waals surface area contributed by atoms with E-state index in [9.17, 15) is 14.7 Å². The zero-order valence-electron chi connectivity index (χ0n) is 9.81. The van der Waals surface area contributed by atoms with Crippen molar-refractivity contribution in [1.29, 1.82) is 0 Å². The third-order valence-corrected chi connectivity index (χ3v) is 3.75. The van der Waals surface area contributed by atoms with Gasteiger partial charge in [0.05, 0.1) is 11.7 Å². The number of Topliss-reactive ketones (excluding diaryl/α,β-unsaturated/α-hetero) is 1. The first-order valence-electron chi connectivity index (χ1n) is 5.82. The van der Waals surface area contributed by atoms with Crippen LogP contribution in [0.5, 0.6) is 0 Å². The Morgan fingerprint density at radius 3 is 3.00 bits per heavy atom. The summed E-state index contributed by atoms with van der Waals surface area (Å²) in [6, 6.07) is 3.53. The van der Waals surface area contributed by atoms with Gasteiger partial charge in [0, 0.05) is 18.8 Å². The summed E-state index contributed by atoms with van der Waals surface area (Å²) in [5.74, 6) is -0.641. The van der Waals surface area contributed by atoms with Crippen molar-refractivity contribution in [3.8, 4) is 0 Å². The molecule has 1 aliphatic carbocycles. The van der Waals surface area contributed by atoms with Crippen molar-refractivity contribution in [3.05, 3.63) is 24.2 Å². The predicted octanol–water partition coefficient (Wildman–Crippen LogP) is 2.28. The molecule has 1 N–H and O–H groups in total. The molecule has 1 fully saturated rings. The van der Waals surface area contributed by atoms with E-state index in [1.54, 1.807) is 25.3 Å². The maximum Gasteiger partial charge on any atom is 0.310 e. The van der Waals surface area contributed by atoms with E-state index >= 15 is 0 Å². The number of furan rings is 1. The third-order valence-electron chi connectivity index (χ3n) is 3.75. The van der Waals surface area contributed by atoms with Crippen LogP contribution in [0, 0.1) is 11.3 Å². The summed E-state index contributed by atoms with van der Waals surface area (Å²) in [6.45, 7) is 1.67. The molecule has 4 nitrogen and oxygen atoms in total. The number of carboxylic acid groups (broad SMARTS) is 1. The molecule has 0 aromatic carbocycles. The number of aliphatic carboxylic acids is 1. The largest absolute Gasteiger partial charge is 0.481 e. The lowest BCUT2D eigenvalue weighted by molar-refractivity contribution is -0.158. The molecule has 0 amide bonds. The van der Waals surface area contributed by atoms with Crippen LogP contribution in [-0.4, -0.2) is 16.9 Å². The van der Waals surface area contributed by atoms with Crippen molar-refractivity contribution in [2.75, 3.05) is 0 Å². The number of carboxylic acids is 1. The van der Waals surface area contributed by atoms with Gasteiger partial charge in [-0.05, 0) is 31.9 Å². The lowest BCUT2D eigenvalue weighted by Gasteiger charge is -2.36. The zero-order valence-corrected chi connectivity index (χ0v) is 9.81. The Bertz CT molecular complexity index is 421. The average Bonchev–Trinajstić information content (AvgIpc) is 2.76. The van der Waals surface area contributed by atoms with E-state index in [4.69, 9.17) is 4.42 Å². The maximum absolute atomic E-state index is 11.9. The Morgan fingerprint density at radius 1 is 1.65 bits per heavy atom. The molecule has 0 saturated heterocycles. The number of carbonyl (C=O) groups is 2. The van der Waals surface area contributed by atoms with Crippen molar-refractivity contribution < 1.29 is 19.1 Å². The minimum absolute atomic E-state index is 0.0394. The van der Waals surface area contributed by atoms with Crippen molar-refractivity contribution in [2.24, 2.45) is 11.3 Å². The fraction of sp³-hybridized carbons (Fsp3) is 0.538. The minimum atomic E-state index is -0.956. The summed E-state index contributed by atoms with van der Waals surface area (Å²) in [5, 5.41) is 9.33. The van der Waals surface area contributed by atoms with Gasteiger partial charge in [-0.3, -0.25) is 9.59 Å². The smallest absolute Gasteiger partial charge is 0.310 e. The zero-order chi connectivity index (χ0) is 12.5. The first-order chi connectivity index (χ1) is 8.04. The molecule has 0 aliphatic heterocycles. The van der Waals surface area contributed by atoms with Crippen LogP contribution in [0.15, 0.2) is 22.8 Å². The summed E-state index contributed by atoms with van der Waals surface area (Å²) >= 11 is 0. The first-order valence-corrected chi connectivity index (χ1v) is 5.82. The Hall–Kier alpha value is -1.58. The molecule has 2 rings (SSSR count). The number of rotatable bonds is 3. The van der Waals surface area contributed by atoms with E-state index in [-0.39, 0.29) is 5.78 Å². The van der Waals surface area contributed by atoms with E-state index in [1.807, 2.05) is 0 Å². The molecule has 0 spiro atoms. The summed E-state index contributed by atoms with van der Waals surface area (Å²) in [7, 11) is 0. The van der Waals surface area contributed by atoms with Gasteiger partial charge in [-0.25, -0.2) is 0 Å². The van der Waals surface area contributed by atoms with Crippen LogP contribution in [0.3, 0.4) is 0 Å². The molecule has 17 heavy (non-hydrogen) atoms. The molecule has 0 unspecified atom stereocenters. The quantitative estimate of drug-likeness (QED) is 0.874. The standard InChI is InChI=1S/C13H16O4/c1-13(12(15)16)6-2-5-11(14)10(13)8-9-4-3-7-17-9/h3-4,7,10H,2,5-6,8H2,1H3,(H,15,16)/t10-,13-/m1/s1. The van der Waals surface area contributed by atoms with Gasteiger partial charge in [0.15, 0.2) is 0 Å². The van der Waals surface area contributed by atoms with Crippen LogP contribution in [0.1, 0.15) is 31.9 Å². The first kappa shape index (κ1) is 11.9. The van der Waals surface area contributed by atoms with Gasteiger partial charge in [-0.15, -0.1) is 0 Å². The summed E-state index contributed by atoms with van der Waals surface area (Å²) in [4.78, 5) is 23.3. The van der Waals surface area contributed by atoms with E-state index < -0.39 is 17.3 Å². The number of hydrogen-bond acceptors (Lipinski definition) is 3. The highest BCUT2D eigenvalue weighted by Gasteiger charge is 2.47. The maximum atomic E-state index is 11.9. The van der Waals surface area contributed by atoms with Crippen LogP contribution in [0.25, 0.3) is 0 Å². The van der Waals surface area contributed by atoms with Gasteiger partial charge >= 0.3 is 5.97 Å². The van der Waals surface area contributed by atoms with Crippen LogP contribution in [0.2, 0.25) is 0 Å². The fourth-order valence-corrected chi connectivity index (χ4v) is 2.56. The van der Waals surface area contributed by atoms with Crippen molar-refractivity contribution in [3.63, 3.8) is 0 Å². The fourth-order valence-electron chi connectivity index (χ4n) is 2.56. The second-order valence-corrected chi connectivity index (χ2v) is 4.88. The molecule has 2 atom stereocenters. The lowest BCUT2D eigenvalue weighted by Crippen LogP contribution is -2.44. The highest BCUT2D eigenvalue weighted by Crippen LogP contribution is 2.41. The number of ketones is 1. The Morgan fingerprint density at radius 2 is 2.41 bits per heavy atom. The minimum Gasteiger partial charge on any atom is -0.481 e. The highest BCUT2D eigenvalue weighted by molar-refractivity contribution is 5.89. The van der Waals surface area contributed by atoms with E-state index in [2.05, 4.69) is 0 Å². The summed E-state index contributed by atoms with van der Waals surface area (Å²) in [5.41, 5.74) is -0.956. The highest BCUT2D eigenvalue weighted by atomic mass is 16.4. The van der Waals surface area contributed by atoms with Gasteiger partial charge in [0.2, 0.25) is 0 Å². The van der Waals surface area contributed by atoms with Gasteiger partial charge in [0.25, 0.3) is 0 Å². The van der Waals surface area contributed by atoms with E-state index in [0.29, 0.717) is 31.4 Å². The Labute approximate surface area is 99.6 Å². The number of hydrogen-bond donors (Lipinski definition) is 1. The van der Waals surface area contributed by atoms with Gasteiger partial charge in [0.1, 0.15) is 11.5 Å². The van der Waals surface area contributed by atoms with Gasteiger partial charge in [-0.2, -0.15) is 0 Å². The second kappa shape index (κ2) is 4.35.